The van der Waals surface area contributed by atoms with Gasteiger partial charge in [-0.05, 0) is 11.6 Å². The first-order valence-electron chi connectivity index (χ1n) is 5.61. The number of nitrogens with two attached hydrogens (primary N) is 1. The monoisotopic (exact) mass is 281 g/mol. The molecule has 0 heterocycles. The van der Waals surface area contributed by atoms with Crippen molar-refractivity contribution in [1.29, 1.82) is 0 Å². The van der Waals surface area contributed by atoms with Gasteiger partial charge in [-0.3, -0.25) is 0 Å². The molecule has 0 spiro atoms. The van der Waals surface area contributed by atoms with Crippen LogP contribution >= 0.6 is 0 Å². The Morgan fingerprint density at radius 3 is 2.32 bits per heavy atom. The second-order valence-corrected chi connectivity index (χ2v) is 4.71. The average Bonchev–Trinajstić information content (AvgIpc) is 2.24. The Labute approximate surface area is 106 Å². The van der Waals surface area contributed by atoms with Crippen LogP contribution in [-0.2, 0) is 5.41 Å². The molecule has 0 aromatic heterocycles. The standard InChI is InChI=1S/C12H12F5NO/c13-9-3-7(19-10(14)15)1-2-8(9)11(6-18)4-12(16,17)5-11/h1-3,10H,4-6,18H2. The summed E-state index contributed by atoms with van der Waals surface area (Å²) < 4.78 is 67.8. The van der Waals surface area contributed by atoms with E-state index in [9.17, 15) is 22.0 Å². The van der Waals surface area contributed by atoms with Crippen molar-refractivity contribution in [3.05, 3.63) is 29.6 Å². The van der Waals surface area contributed by atoms with E-state index in [0.717, 1.165) is 12.1 Å². The summed E-state index contributed by atoms with van der Waals surface area (Å²) in [4.78, 5) is 0. The van der Waals surface area contributed by atoms with Gasteiger partial charge in [-0.15, -0.1) is 0 Å². The second kappa shape index (κ2) is 4.63. The van der Waals surface area contributed by atoms with E-state index in [2.05, 4.69) is 4.74 Å². The number of ether oxygens (including phenoxy) is 1. The molecule has 2 rings (SSSR count). The molecule has 1 fully saturated rings. The number of benzene rings is 1. The van der Waals surface area contributed by atoms with Gasteiger partial charge >= 0.3 is 6.61 Å². The summed E-state index contributed by atoms with van der Waals surface area (Å²) in [5, 5.41) is 0. The highest BCUT2D eigenvalue weighted by Gasteiger charge is 2.57. The van der Waals surface area contributed by atoms with Gasteiger partial charge in [-0.25, -0.2) is 13.2 Å². The van der Waals surface area contributed by atoms with Crippen LogP contribution in [0.25, 0.3) is 0 Å². The molecule has 0 aliphatic heterocycles. The number of hydrogen-bond acceptors (Lipinski definition) is 2. The first kappa shape index (κ1) is 14.0. The van der Waals surface area contributed by atoms with Crippen molar-refractivity contribution in [2.45, 2.75) is 30.8 Å². The van der Waals surface area contributed by atoms with Gasteiger partial charge in [0.15, 0.2) is 0 Å². The molecule has 1 aliphatic carbocycles. The minimum Gasteiger partial charge on any atom is -0.435 e. The molecule has 0 amide bonds. The maximum Gasteiger partial charge on any atom is 0.387 e. The predicted octanol–water partition coefficient (Wildman–Crippen LogP) is 3.05. The Morgan fingerprint density at radius 2 is 1.89 bits per heavy atom. The third-order valence-electron chi connectivity index (χ3n) is 3.32. The van der Waals surface area contributed by atoms with Crippen LogP contribution < -0.4 is 10.5 Å². The number of halogens is 5. The van der Waals surface area contributed by atoms with Crippen molar-refractivity contribution in [2.75, 3.05) is 6.54 Å². The van der Waals surface area contributed by atoms with Crippen LogP contribution in [0.3, 0.4) is 0 Å². The molecule has 1 aliphatic rings. The molecule has 7 heteroatoms. The summed E-state index contributed by atoms with van der Waals surface area (Å²) in [6.45, 7) is -3.20. The highest BCUT2D eigenvalue weighted by atomic mass is 19.3. The van der Waals surface area contributed by atoms with Crippen LogP contribution in [0, 0.1) is 5.82 Å². The fourth-order valence-corrected chi connectivity index (χ4v) is 2.49. The van der Waals surface area contributed by atoms with Crippen molar-refractivity contribution in [3.63, 3.8) is 0 Å². The highest BCUT2D eigenvalue weighted by Crippen LogP contribution is 2.53. The summed E-state index contributed by atoms with van der Waals surface area (Å²) >= 11 is 0. The summed E-state index contributed by atoms with van der Waals surface area (Å²) in [7, 11) is 0. The lowest BCUT2D eigenvalue weighted by Gasteiger charge is -2.47. The van der Waals surface area contributed by atoms with E-state index in [0.29, 0.717) is 0 Å². The molecule has 0 radical (unpaired) electrons. The zero-order valence-corrected chi connectivity index (χ0v) is 9.81. The molecule has 106 valence electrons. The van der Waals surface area contributed by atoms with Gasteiger partial charge in [0.2, 0.25) is 5.92 Å². The Morgan fingerprint density at radius 1 is 1.26 bits per heavy atom. The fourth-order valence-electron chi connectivity index (χ4n) is 2.49. The van der Waals surface area contributed by atoms with Gasteiger partial charge in [0.25, 0.3) is 0 Å². The van der Waals surface area contributed by atoms with Gasteiger partial charge in [-0.1, -0.05) is 6.07 Å². The Hall–Kier alpha value is -1.37. The molecule has 2 N–H and O–H groups in total. The Balaban J connectivity index is 2.26. The molecular formula is C12H12F5NO. The van der Waals surface area contributed by atoms with Crippen LogP contribution in [0.5, 0.6) is 5.75 Å². The van der Waals surface area contributed by atoms with Crippen molar-refractivity contribution in [1.82, 2.24) is 0 Å². The predicted molar refractivity (Wildman–Crippen MR) is 57.9 cm³/mol. The molecule has 0 bridgehead atoms. The lowest BCUT2D eigenvalue weighted by molar-refractivity contribution is -0.124. The summed E-state index contributed by atoms with van der Waals surface area (Å²) in [6, 6.07) is 3.06. The van der Waals surface area contributed by atoms with Crippen LogP contribution in [0.2, 0.25) is 0 Å². The third-order valence-corrected chi connectivity index (χ3v) is 3.32. The average molecular weight is 281 g/mol. The van der Waals surface area contributed by atoms with Gasteiger partial charge < -0.3 is 10.5 Å². The van der Waals surface area contributed by atoms with Gasteiger partial charge in [0, 0.05) is 30.9 Å². The van der Waals surface area contributed by atoms with Crippen molar-refractivity contribution >= 4 is 0 Å². The normalized spacial score (nSPS) is 20.2. The van der Waals surface area contributed by atoms with E-state index in [1.54, 1.807) is 0 Å². The lowest BCUT2D eigenvalue weighted by Crippen LogP contribution is -2.54. The fraction of sp³-hybridized carbons (Fsp3) is 0.500. The summed E-state index contributed by atoms with van der Waals surface area (Å²) in [5.74, 6) is -4.07. The summed E-state index contributed by atoms with van der Waals surface area (Å²) in [5.41, 5.74) is 4.35. The molecule has 2 nitrogen and oxygen atoms in total. The highest BCUT2D eigenvalue weighted by molar-refractivity contribution is 5.37. The molecule has 1 aromatic carbocycles. The molecule has 0 unspecified atom stereocenters. The number of rotatable bonds is 4. The minimum atomic E-state index is -3.07. The van der Waals surface area contributed by atoms with Crippen molar-refractivity contribution in [3.8, 4) is 5.75 Å². The summed E-state index contributed by atoms with van der Waals surface area (Å²) in [6.07, 6.45) is -1.08. The SMILES string of the molecule is NCC1(c2ccc(OC(F)F)cc2F)CC(F)(F)C1. The lowest BCUT2D eigenvalue weighted by atomic mass is 9.62. The van der Waals surface area contributed by atoms with E-state index in [4.69, 9.17) is 5.73 Å². The van der Waals surface area contributed by atoms with Crippen LogP contribution in [0.4, 0.5) is 22.0 Å². The number of alkyl halides is 4. The molecule has 0 atom stereocenters. The molecule has 19 heavy (non-hydrogen) atoms. The van der Waals surface area contributed by atoms with E-state index in [-0.39, 0.29) is 17.9 Å². The largest absolute Gasteiger partial charge is 0.435 e. The zero-order chi connectivity index (χ0) is 14.3. The Kier molecular flexibility index (Phi) is 3.42. The molecular weight excluding hydrogens is 269 g/mol. The van der Waals surface area contributed by atoms with Crippen molar-refractivity contribution < 1.29 is 26.7 Å². The quantitative estimate of drug-likeness (QED) is 0.861. The second-order valence-electron chi connectivity index (χ2n) is 4.71. The van der Waals surface area contributed by atoms with E-state index < -0.39 is 36.6 Å². The Bertz CT molecular complexity index is 469. The van der Waals surface area contributed by atoms with Crippen LogP contribution in [0.1, 0.15) is 18.4 Å². The first-order valence-corrected chi connectivity index (χ1v) is 5.61. The van der Waals surface area contributed by atoms with E-state index in [1.807, 2.05) is 0 Å². The maximum absolute atomic E-state index is 13.8. The van der Waals surface area contributed by atoms with Crippen LogP contribution in [-0.4, -0.2) is 19.1 Å². The van der Waals surface area contributed by atoms with Gasteiger partial charge in [0.05, 0.1) is 0 Å². The smallest absolute Gasteiger partial charge is 0.387 e. The van der Waals surface area contributed by atoms with Crippen molar-refractivity contribution in [2.24, 2.45) is 5.73 Å². The molecule has 1 aromatic rings. The van der Waals surface area contributed by atoms with Gasteiger partial charge in [-0.2, -0.15) is 8.78 Å². The minimum absolute atomic E-state index is 0.0162. The number of hydrogen-bond donors (Lipinski definition) is 1. The van der Waals surface area contributed by atoms with E-state index in [1.165, 1.54) is 6.07 Å². The zero-order valence-electron chi connectivity index (χ0n) is 9.81. The first-order chi connectivity index (χ1) is 8.78. The van der Waals surface area contributed by atoms with Crippen LogP contribution in [0.15, 0.2) is 18.2 Å². The molecule has 1 saturated carbocycles. The topological polar surface area (TPSA) is 35.2 Å². The van der Waals surface area contributed by atoms with E-state index >= 15 is 0 Å². The maximum atomic E-state index is 13.8. The van der Waals surface area contributed by atoms with Gasteiger partial charge in [0.1, 0.15) is 11.6 Å². The third kappa shape index (κ3) is 2.65. The molecule has 0 saturated heterocycles.